The van der Waals surface area contributed by atoms with Crippen LogP contribution >= 0.6 is 0 Å². The Morgan fingerprint density at radius 1 is 1.17 bits per heavy atom. The van der Waals surface area contributed by atoms with Crippen molar-refractivity contribution in [1.82, 2.24) is 14.5 Å². The normalized spacial score (nSPS) is 15.8. The fourth-order valence-electron chi connectivity index (χ4n) is 4.15. The third-order valence-electron chi connectivity index (χ3n) is 5.42. The molecule has 4 rings (SSSR count). The van der Waals surface area contributed by atoms with E-state index in [9.17, 15) is 14.4 Å². The third-order valence-corrected chi connectivity index (χ3v) is 5.42. The lowest BCUT2D eigenvalue weighted by atomic mass is 9.75. The van der Waals surface area contributed by atoms with Crippen molar-refractivity contribution in [3.8, 4) is 0 Å². The average Bonchev–Trinajstić information content (AvgIpc) is 2.97. The molecule has 1 aliphatic rings. The van der Waals surface area contributed by atoms with Gasteiger partial charge in [0.05, 0.1) is 11.0 Å². The standard InChI is InChI=1S/C23H26N4O3/c1-22(2,3)27-17-9-7-6-8-15(17)25-21(27)26-20(30)14-10-13-16(24-19(14)29)11-23(4,5)12-18(13)28/h6-10H,11-12H2,1-5H3,(H,24,29)(H,25,26,30). The summed E-state index contributed by atoms with van der Waals surface area (Å²) < 4.78 is 1.93. The number of rotatable bonds is 2. The van der Waals surface area contributed by atoms with E-state index in [0.717, 1.165) is 11.0 Å². The molecule has 2 N–H and O–H groups in total. The number of fused-ring (bicyclic) bond motifs is 2. The Kier molecular flexibility index (Phi) is 4.45. The van der Waals surface area contributed by atoms with Crippen LogP contribution in [-0.2, 0) is 12.0 Å². The highest BCUT2D eigenvalue weighted by molar-refractivity contribution is 6.06. The molecule has 1 amide bonds. The van der Waals surface area contributed by atoms with Crippen LogP contribution in [0.5, 0.6) is 0 Å². The van der Waals surface area contributed by atoms with Gasteiger partial charge in [0, 0.05) is 23.2 Å². The molecule has 0 radical (unpaired) electrons. The van der Waals surface area contributed by atoms with E-state index >= 15 is 0 Å². The summed E-state index contributed by atoms with van der Waals surface area (Å²) >= 11 is 0. The fourth-order valence-corrected chi connectivity index (χ4v) is 4.15. The zero-order valence-electron chi connectivity index (χ0n) is 17.9. The summed E-state index contributed by atoms with van der Waals surface area (Å²) in [6, 6.07) is 9.04. The summed E-state index contributed by atoms with van der Waals surface area (Å²) in [4.78, 5) is 45.5. The molecule has 30 heavy (non-hydrogen) atoms. The predicted molar refractivity (Wildman–Crippen MR) is 116 cm³/mol. The molecule has 0 fully saturated rings. The maximum atomic E-state index is 13.0. The molecule has 0 saturated carbocycles. The first kappa shape index (κ1) is 20.1. The molecule has 0 spiro atoms. The van der Waals surface area contributed by atoms with Crippen LogP contribution in [0.25, 0.3) is 11.0 Å². The summed E-state index contributed by atoms with van der Waals surface area (Å²) in [6.07, 6.45) is 0.970. The molecule has 1 aromatic carbocycles. The van der Waals surface area contributed by atoms with Crippen molar-refractivity contribution in [1.29, 1.82) is 0 Å². The van der Waals surface area contributed by atoms with Crippen LogP contribution in [-0.4, -0.2) is 26.2 Å². The molecule has 7 heteroatoms. The predicted octanol–water partition coefficient (Wildman–Crippen LogP) is 3.89. The minimum absolute atomic E-state index is 0.0616. The molecule has 7 nitrogen and oxygen atoms in total. The van der Waals surface area contributed by atoms with Crippen molar-refractivity contribution in [3.05, 3.63) is 57.5 Å². The van der Waals surface area contributed by atoms with Gasteiger partial charge in [-0.25, -0.2) is 4.98 Å². The monoisotopic (exact) mass is 406 g/mol. The van der Waals surface area contributed by atoms with Gasteiger partial charge in [-0.15, -0.1) is 0 Å². The molecule has 2 heterocycles. The van der Waals surface area contributed by atoms with Crippen LogP contribution in [0.15, 0.2) is 35.1 Å². The number of ketones is 1. The van der Waals surface area contributed by atoms with E-state index < -0.39 is 11.5 Å². The van der Waals surface area contributed by atoms with Gasteiger partial charge in [0.2, 0.25) is 5.95 Å². The number of Topliss-reactive ketones (excluding diaryl/α,β-unsaturated/α-hetero) is 1. The molecule has 0 aliphatic heterocycles. The van der Waals surface area contributed by atoms with E-state index in [1.54, 1.807) is 0 Å². The second-order valence-corrected chi connectivity index (χ2v) is 9.73. The number of hydrogen-bond acceptors (Lipinski definition) is 4. The Labute approximate surface area is 174 Å². The van der Waals surface area contributed by atoms with Gasteiger partial charge in [-0.2, -0.15) is 0 Å². The number of aromatic amines is 1. The maximum Gasteiger partial charge on any atom is 0.263 e. The van der Waals surface area contributed by atoms with E-state index in [-0.39, 0.29) is 22.3 Å². The van der Waals surface area contributed by atoms with Crippen LogP contribution in [0.4, 0.5) is 5.95 Å². The SMILES string of the molecule is CC1(C)CC(=O)c2cc(C(=O)Nc3nc4ccccc4n3C(C)(C)C)c(=O)[nH]c2C1. The van der Waals surface area contributed by atoms with Gasteiger partial charge in [-0.1, -0.05) is 26.0 Å². The number of imidazole rings is 1. The van der Waals surface area contributed by atoms with Crippen LogP contribution < -0.4 is 10.9 Å². The average molecular weight is 406 g/mol. The number of aromatic nitrogens is 3. The van der Waals surface area contributed by atoms with Gasteiger partial charge >= 0.3 is 0 Å². The molecule has 0 unspecified atom stereocenters. The number of nitrogens with zero attached hydrogens (tertiary/aromatic N) is 2. The highest BCUT2D eigenvalue weighted by Gasteiger charge is 2.33. The van der Waals surface area contributed by atoms with Crippen molar-refractivity contribution in [2.24, 2.45) is 5.41 Å². The molecule has 2 aromatic heterocycles. The lowest BCUT2D eigenvalue weighted by molar-refractivity contribution is 0.0910. The zero-order chi connectivity index (χ0) is 21.8. The van der Waals surface area contributed by atoms with E-state index in [2.05, 4.69) is 15.3 Å². The molecule has 3 aromatic rings. The van der Waals surface area contributed by atoms with Crippen molar-refractivity contribution in [2.75, 3.05) is 5.32 Å². The molecule has 1 aliphatic carbocycles. The minimum Gasteiger partial charge on any atom is -0.325 e. The van der Waals surface area contributed by atoms with Crippen molar-refractivity contribution >= 4 is 28.7 Å². The molecule has 0 bridgehead atoms. The number of para-hydroxylation sites is 2. The molecular formula is C23H26N4O3. The van der Waals surface area contributed by atoms with Crippen molar-refractivity contribution in [3.63, 3.8) is 0 Å². The Hall–Kier alpha value is -3.22. The summed E-state index contributed by atoms with van der Waals surface area (Å²) in [5.74, 6) is -0.288. The van der Waals surface area contributed by atoms with Crippen molar-refractivity contribution in [2.45, 2.75) is 53.0 Å². The van der Waals surface area contributed by atoms with Crippen LogP contribution in [0.2, 0.25) is 0 Å². The number of benzene rings is 1. The Bertz CT molecular complexity index is 1240. The zero-order valence-corrected chi connectivity index (χ0v) is 17.9. The van der Waals surface area contributed by atoms with Crippen LogP contribution in [0.1, 0.15) is 67.4 Å². The molecule has 156 valence electrons. The van der Waals surface area contributed by atoms with Gasteiger partial charge in [0.15, 0.2) is 5.78 Å². The number of carbonyl (C=O) groups is 2. The summed E-state index contributed by atoms with van der Waals surface area (Å²) in [7, 11) is 0. The smallest absolute Gasteiger partial charge is 0.263 e. The number of H-pyrrole nitrogens is 1. The fraction of sp³-hybridized carbons (Fsp3) is 0.391. The van der Waals surface area contributed by atoms with E-state index in [1.807, 2.05) is 63.5 Å². The van der Waals surface area contributed by atoms with Gasteiger partial charge in [-0.3, -0.25) is 19.7 Å². The highest BCUT2D eigenvalue weighted by Crippen LogP contribution is 2.33. The van der Waals surface area contributed by atoms with Gasteiger partial charge in [0.25, 0.3) is 11.5 Å². The largest absolute Gasteiger partial charge is 0.325 e. The van der Waals surface area contributed by atoms with Crippen LogP contribution in [0, 0.1) is 5.41 Å². The number of pyridine rings is 1. The maximum absolute atomic E-state index is 13.0. The first-order valence-corrected chi connectivity index (χ1v) is 10.0. The number of nitrogens with one attached hydrogen (secondary N) is 2. The second kappa shape index (κ2) is 6.65. The topological polar surface area (TPSA) is 96.8 Å². The van der Waals surface area contributed by atoms with E-state index in [1.165, 1.54) is 6.07 Å². The Morgan fingerprint density at radius 3 is 2.57 bits per heavy atom. The van der Waals surface area contributed by atoms with Gasteiger partial charge in [-0.05, 0) is 50.8 Å². The molecular weight excluding hydrogens is 380 g/mol. The van der Waals surface area contributed by atoms with E-state index in [0.29, 0.717) is 30.0 Å². The number of carbonyl (C=O) groups excluding carboxylic acids is 2. The van der Waals surface area contributed by atoms with Gasteiger partial charge < -0.3 is 9.55 Å². The number of hydrogen-bond donors (Lipinski definition) is 2. The quantitative estimate of drug-likeness (QED) is 0.675. The summed E-state index contributed by atoms with van der Waals surface area (Å²) in [6.45, 7) is 10.0. The summed E-state index contributed by atoms with van der Waals surface area (Å²) in [5.41, 5.74) is 1.50. The highest BCUT2D eigenvalue weighted by atomic mass is 16.2. The molecule has 0 atom stereocenters. The molecule has 0 saturated heterocycles. The lowest BCUT2D eigenvalue weighted by Gasteiger charge is -2.29. The third kappa shape index (κ3) is 3.44. The Balaban J connectivity index is 1.75. The van der Waals surface area contributed by atoms with Crippen LogP contribution in [0.3, 0.4) is 0 Å². The van der Waals surface area contributed by atoms with Gasteiger partial charge in [0.1, 0.15) is 5.56 Å². The second-order valence-electron chi connectivity index (χ2n) is 9.73. The summed E-state index contributed by atoms with van der Waals surface area (Å²) in [5, 5.41) is 2.78. The number of anilines is 1. The van der Waals surface area contributed by atoms with Crippen molar-refractivity contribution < 1.29 is 9.59 Å². The first-order valence-electron chi connectivity index (χ1n) is 10.0. The first-order chi connectivity index (χ1) is 14.0. The number of amides is 1. The Morgan fingerprint density at radius 2 is 1.87 bits per heavy atom. The van der Waals surface area contributed by atoms with E-state index in [4.69, 9.17) is 0 Å². The lowest BCUT2D eigenvalue weighted by Crippen LogP contribution is -2.33. The minimum atomic E-state index is -0.586.